The van der Waals surface area contributed by atoms with Crippen LogP contribution in [0.4, 0.5) is 0 Å². The number of carbonyl (C=O) groups excluding carboxylic acids is 2. The molecule has 2 atom stereocenters. The van der Waals surface area contributed by atoms with Crippen molar-refractivity contribution in [1.82, 2.24) is 4.90 Å². The number of nitrogens with zero attached hydrogens (tertiary/aromatic N) is 1. The molecule has 172 valence electrons. The maximum absolute atomic E-state index is 13.1. The minimum Gasteiger partial charge on any atom is -0.507 e. The van der Waals surface area contributed by atoms with Gasteiger partial charge in [-0.1, -0.05) is 24.8 Å². The minimum absolute atomic E-state index is 0.0453. The van der Waals surface area contributed by atoms with E-state index in [9.17, 15) is 14.7 Å². The molecule has 0 spiro atoms. The molecule has 0 unspecified atom stereocenters. The van der Waals surface area contributed by atoms with Crippen molar-refractivity contribution in [2.45, 2.75) is 25.5 Å². The number of benzene rings is 2. The van der Waals surface area contributed by atoms with E-state index in [1.165, 1.54) is 12.0 Å². The number of methoxy groups -OCH3 is 1. The Labute approximate surface area is 192 Å². The second-order valence-electron chi connectivity index (χ2n) is 8.11. The van der Waals surface area contributed by atoms with Crippen LogP contribution in [0.2, 0.25) is 0 Å². The van der Waals surface area contributed by atoms with Crippen molar-refractivity contribution in [2.75, 3.05) is 26.9 Å². The van der Waals surface area contributed by atoms with Crippen LogP contribution in [0.25, 0.3) is 5.76 Å². The molecule has 7 heteroatoms. The first-order valence-corrected chi connectivity index (χ1v) is 10.9. The van der Waals surface area contributed by atoms with Crippen molar-refractivity contribution < 1.29 is 28.9 Å². The molecule has 7 nitrogen and oxygen atoms in total. The third kappa shape index (κ3) is 4.36. The number of carbonyl (C=O) groups is 2. The average molecular weight is 450 g/mol. The van der Waals surface area contributed by atoms with Crippen LogP contribution in [0, 0.1) is 0 Å². The van der Waals surface area contributed by atoms with Crippen LogP contribution in [-0.2, 0) is 20.7 Å². The summed E-state index contributed by atoms with van der Waals surface area (Å²) in [4.78, 5) is 27.5. The van der Waals surface area contributed by atoms with Crippen LogP contribution in [0.15, 0.2) is 60.7 Å². The molecule has 2 aromatic rings. The van der Waals surface area contributed by atoms with Gasteiger partial charge in [-0.05, 0) is 48.4 Å². The first-order valence-electron chi connectivity index (χ1n) is 10.9. The summed E-state index contributed by atoms with van der Waals surface area (Å²) >= 11 is 0. The molecule has 1 fully saturated rings. The zero-order valence-electron chi connectivity index (χ0n) is 18.7. The predicted molar refractivity (Wildman–Crippen MR) is 123 cm³/mol. The summed E-state index contributed by atoms with van der Waals surface area (Å²) in [6, 6.07) is 11.7. The predicted octanol–water partition coefficient (Wildman–Crippen LogP) is 3.64. The SMILES string of the molecule is C=CCOc1cccc([C@H]2/C(=C(\O)c3ccc4c(c3)C[C@H](C)O4)C(=O)C(=O)N2CCOC)c1. The molecule has 33 heavy (non-hydrogen) atoms. The lowest BCUT2D eigenvalue weighted by atomic mass is 9.94. The molecule has 0 radical (unpaired) electrons. The molecule has 0 aliphatic carbocycles. The third-order valence-corrected chi connectivity index (χ3v) is 5.79. The average Bonchev–Trinajstić information content (AvgIpc) is 3.31. The molecule has 1 saturated heterocycles. The lowest BCUT2D eigenvalue weighted by Crippen LogP contribution is -2.32. The molecule has 0 aromatic heterocycles. The van der Waals surface area contributed by atoms with Crippen molar-refractivity contribution in [1.29, 1.82) is 0 Å². The van der Waals surface area contributed by atoms with Gasteiger partial charge in [-0.2, -0.15) is 0 Å². The van der Waals surface area contributed by atoms with E-state index in [1.807, 2.05) is 19.1 Å². The molecule has 2 aromatic carbocycles. The summed E-state index contributed by atoms with van der Waals surface area (Å²) in [7, 11) is 1.53. The van der Waals surface area contributed by atoms with Gasteiger partial charge in [0.15, 0.2) is 0 Å². The van der Waals surface area contributed by atoms with Gasteiger partial charge in [0.1, 0.15) is 30.0 Å². The van der Waals surface area contributed by atoms with Crippen LogP contribution < -0.4 is 9.47 Å². The Morgan fingerprint density at radius 2 is 2.09 bits per heavy atom. The summed E-state index contributed by atoms with van der Waals surface area (Å²) in [5, 5.41) is 11.3. The first kappa shape index (κ1) is 22.6. The van der Waals surface area contributed by atoms with Gasteiger partial charge in [-0.3, -0.25) is 9.59 Å². The molecule has 0 bridgehead atoms. The van der Waals surface area contributed by atoms with Crippen LogP contribution in [0.1, 0.15) is 29.7 Å². The zero-order chi connectivity index (χ0) is 23.5. The van der Waals surface area contributed by atoms with E-state index >= 15 is 0 Å². The van der Waals surface area contributed by atoms with Crippen molar-refractivity contribution in [3.63, 3.8) is 0 Å². The van der Waals surface area contributed by atoms with Gasteiger partial charge in [0.25, 0.3) is 11.7 Å². The molecule has 2 aliphatic heterocycles. The summed E-state index contributed by atoms with van der Waals surface area (Å²) in [5.74, 6) is -0.264. The van der Waals surface area contributed by atoms with Crippen molar-refractivity contribution in [2.24, 2.45) is 0 Å². The standard InChI is InChI=1S/C26H27NO6/c1-4-11-32-20-7-5-6-17(15-20)23-22(25(29)26(30)27(23)10-12-31-3)24(28)18-8-9-21-19(14-18)13-16(2)33-21/h4-9,14-16,23,28H,1,10-13H2,2-3H3/b24-22+/t16-,23-/m0/s1. The number of rotatable bonds is 8. The van der Waals surface area contributed by atoms with E-state index in [2.05, 4.69) is 6.58 Å². The second-order valence-corrected chi connectivity index (χ2v) is 8.11. The van der Waals surface area contributed by atoms with Crippen LogP contribution in [0.5, 0.6) is 11.5 Å². The fraction of sp³-hybridized carbons (Fsp3) is 0.308. The minimum atomic E-state index is -0.768. The number of Topliss-reactive ketones (excluding diaryl/α,β-unsaturated/α-hetero) is 1. The smallest absolute Gasteiger partial charge is 0.295 e. The van der Waals surface area contributed by atoms with Gasteiger partial charge in [0.05, 0.1) is 18.2 Å². The van der Waals surface area contributed by atoms with Gasteiger partial charge >= 0.3 is 0 Å². The van der Waals surface area contributed by atoms with Gasteiger partial charge < -0.3 is 24.2 Å². The topological polar surface area (TPSA) is 85.3 Å². The number of aliphatic hydroxyl groups is 1. The van der Waals surface area contributed by atoms with Crippen molar-refractivity contribution in [3.05, 3.63) is 77.4 Å². The van der Waals surface area contributed by atoms with Crippen molar-refractivity contribution >= 4 is 17.4 Å². The lowest BCUT2D eigenvalue weighted by molar-refractivity contribution is -0.140. The number of hydrogen-bond donors (Lipinski definition) is 1. The normalized spacial score (nSPS) is 21.1. The highest BCUT2D eigenvalue weighted by Crippen LogP contribution is 2.41. The summed E-state index contributed by atoms with van der Waals surface area (Å²) in [6.07, 6.45) is 2.40. The number of likely N-dealkylation sites (tertiary alicyclic amines) is 1. The molecule has 4 rings (SSSR count). The first-order chi connectivity index (χ1) is 15.9. The lowest BCUT2D eigenvalue weighted by Gasteiger charge is -2.25. The monoisotopic (exact) mass is 449 g/mol. The number of ether oxygens (including phenoxy) is 3. The maximum atomic E-state index is 13.1. The van der Waals surface area contributed by atoms with E-state index in [4.69, 9.17) is 14.2 Å². The van der Waals surface area contributed by atoms with E-state index in [0.717, 1.165) is 11.3 Å². The molecular weight excluding hydrogens is 422 g/mol. The quantitative estimate of drug-likeness (QED) is 0.287. The third-order valence-electron chi connectivity index (χ3n) is 5.79. The van der Waals surface area contributed by atoms with Crippen LogP contribution in [-0.4, -0.2) is 54.7 Å². The Kier molecular flexibility index (Phi) is 6.51. The Balaban J connectivity index is 1.81. The Hall–Kier alpha value is -3.58. The maximum Gasteiger partial charge on any atom is 0.295 e. The zero-order valence-corrected chi connectivity index (χ0v) is 18.7. The van der Waals surface area contributed by atoms with E-state index < -0.39 is 17.7 Å². The van der Waals surface area contributed by atoms with Crippen LogP contribution in [0.3, 0.4) is 0 Å². The number of aliphatic hydroxyl groups excluding tert-OH is 1. The van der Waals surface area contributed by atoms with Crippen LogP contribution >= 0.6 is 0 Å². The van der Waals surface area contributed by atoms with Gasteiger partial charge in [-0.15, -0.1) is 0 Å². The molecule has 2 heterocycles. The Bertz CT molecular complexity index is 1120. The second kappa shape index (κ2) is 9.50. The Morgan fingerprint density at radius 3 is 2.85 bits per heavy atom. The Morgan fingerprint density at radius 1 is 1.27 bits per heavy atom. The highest BCUT2D eigenvalue weighted by molar-refractivity contribution is 6.46. The van der Waals surface area contributed by atoms with Crippen molar-refractivity contribution in [3.8, 4) is 11.5 Å². The number of hydrogen-bond acceptors (Lipinski definition) is 6. The summed E-state index contributed by atoms with van der Waals surface area (Å²) in [6.45, 7) is 6.41. The summed E-state index contributed by atoms with van der Waals surface area (Å²) < 4.78 is 16.5. The van der Waals surface area contributed by atoms with Gasteiger partial charge in [0.2, 0.25) is 0 Å². The molecule has 1 amide bonds. The fourth-order valence-electron chi connectivity index (χ4n) is 4.30. The van der Waals surface area contributed by atoms with E-state index in [1.54, 1.807) is 36.4 Å². The fourth-order valence-corrected chi connectivity index (χ4v) is 4.30. The molecule has 2 aliphatic rings. The highest BCUT2D eigenvalue weighted by atomic mass is 16.5. The highest BCUT2D eigenvalue weighted by Gasteiger charge is 2.46. The number of amides is 1. The largest absolute Gasteiger partial charge is 0.507 e. The molecule has 1 N–H and O–H groups in total. The van der Waals surface area contributed by atoms with Gasteiger partial charge in [0, 0.05) is 25.6 Å². The number of fused-ring (bicyclic) bond motifs is 1. The number of ketones is 1. The van der Waals surface area contributed by atoms with E-state index in [0.29, 0.717) is 29.9 Å². The van der Waals surface area contributed by atoms with Gasteiger partial charge in [-0.25, -0.2) is 0 Å². The molecule has 0 saturated carbocycles. The summed E-state index contributed by atoms with van der Waals surface area (Å²) in [5.41, 5.74) is 2.13. The molecular formula is C26H27NO6. The van der Waals surface area contributed by atoms with E-state index in [-0.39, 0.29) is 30.6 Å².